The van der Waals surface area contributed by atoms with E-state index in [9.17, 15) is 4.39 Å². The summed E-state index contributed by atoms with van der Waals surface area (Å²) in [4.78, 5) is 8.19. The molecule has 5 heteroatoms. The predicted molar refractivity (Wildman–Crippen MR) is 64.3 cm³/mol. The quantitative estimate of drug-likeness (QED) is 0.911. The van der Waals surface area contributed by atoms with Gasteiger partial charge in [-0.2, -0.15) is 0 Å². The number of nitrogens with zero attached hydrogens (tertiary/aromatic N) is 2. The Balaban J connectivity index is 2.39. The van der Waals surface area contributed by atoms with Crippen LogP contribution in [0, 0.1) is 5.82 Å². The molecule has 2 rings (SSSR count). The highest BCUT2D eigenvalue weighted by Gasteiger charge is 2.14. The van der Waals surface area contributed by atoms with Gasteiger partial charge in [-0.25, -0.2) is 4.39 Å². The maximum atomic E-state index is 13.4. The number of halogens is 2. The van der Waals surface area contributed by atoms with E-state index < -0.39 is 5.82 Å². The maximum Gasteiger partial charge on any atom is 0.142 e. The number of benzene rings is 1. The minimum absolute atomic E-state index is 0.114. The number of nitrogens with one attached hydrogen (secondary N) is 1. The molecule has 0 saturated heterocycles. The van der Waals surface area contributed by atoms with E-state index in [1.807, 2.05) is 0 Å². The van der Waals surface area contributed by atoms with Crippen LogP contribution >= 0.6 is 11.6 Å². The Hall–Kier alpha value is -1.52. The van der Waals surface area contributed by atoms with Gasteiger partial charge in [0.15, 0.2) is 0 Å². The van der Waals surface area contributed by atoms with Crippen molar-refractivity contribution >= 4 is 11.6 Å². The SMILES string of the molecule is CNC(c1ccc(Cl)c(F)c1)c1cnccn1. The van der Waals surface area contributed by atoms with Crippen LogP contribution < -0.4 is 5.32 Å². The molecular weight excluding hydrogens is 241 g/mol. The first-order valence-corrected chi connectivity index (χ1v) is 5.48. The van der Waals surface area contributed by atoms with Crippen molar-refractivity contribution in [3.05, 3.63) is 58.9 Å². The van der Waals surface area contributed by atoms with E-state index in [2.05, 4.69) is 15.3 Å². The van der Waals surface area contributed by atoms with Crippen LogP contribution in [0.5, 0.6) is 0 Å². The van der Waals surface area contributed by atoms with Crippen molar-refractivity contribution in [1.82, 2.24) is 15.3 Å². The van der Waals surface area contributed by atoms with Crippen LogP contribution in [0.2, 0.25) is 5.02 Å². The molecule has 1 aromatic heterocycles. The molecule has 1 atom stereocenters. The van der Waals surface area contributed by atoms with Gasteiger partial charge in [-0.05, 0) is 24.7 Å². The van der Waals surface area contributed by atoms with Crippen LogP contribution in [-0.4, -0.2) is 17.0 Å². The number of aromatic nitrogens is 2. The molecule has 1 aromatic carbocycles. The Morgan fingerprint density at radius 3 is 2.76 bits per heavy atom. The molecule has 0 aliphatic heterocycles. The summed E-state index contributed by atoms with van der Waals surface area (Å²) in [5, 5.41) is 3.18. The van der Waals surface area contributed by atoms with Crippen molar-refractivity contribution < 1.29 is 4.39 Å². The molecule has 17 heavy (non-hydrogen) atoms. The van der Waals surface area contributed by atoms with E-state index in [-0.39, 0.29) is 11.1 Å². The van der Waals surface area contributed by atoms with E-state index in [0.29, 0.717) is 0 Å². The van der Waals surface area contributed by atoms with Gasteiger partial charge in [0, 0.05) is 12.4 Å². The molecular formula is C12H11ClFN3. The average Bonchev–Trinajstić information content (AvgIpc) is 2.36. The summed E-state index contributed by atoms with van der Waals surface area (Å²) in [6, 6.07) is 4.50. The van der Waals surface area contributed by atoms with Crippen LogP contribution in [0.3, 0.4) is 0 Å². The van der Waals surface area contributed by atoms with Gasteiger partial charge < -0.3 is 5.32 Å². The molecule has 0 bridgehead atoms. The number of hydrogen-bond donors (Lipinski definition) is 1. The van der Waals surface area contributed by atoms with Gasteiger partial charge in [-0.1, -0.05) is 17.7 Å². The first kappa shape index (κ1) is 12.0. The third-order valence-corrected chi connectivity index (χ3v) is 2.75. The molecule has 88 valence electrons. The molecule has 0 fully saturated rings. The minimum Gasteiger partial charge on any atom is -0.308 e. The second kappa shape index (κ2) is 5.21. The van der Waals surface area contributed by atoms with Crippen molar-refractivity contribution in [1.29, 1.82) is 0 Å². The van der Waals surface area contributed by atoms with Gasteiger partial charge in [0.25, 0.3) is 0 Å². The van der Waals surface area contributed by atoms with E-state index in [4.69, 9.17) is 11.6 Å². The number of rotatable bonds is 3. The fourth-order valence-corrected chi connectivity index (χ4v) is 1.75. The smallest absolute Gasteiger partial charge is 0.142 e. The molecule has 1 unspecified atom stereocenters. The van der Waals surface area contributed by atoms with Gasteiger partial charge in [0.1, 0.15) is 5.82 Å². The van der Waals surface area contributed by atoms with Gasteiger partial charge >= 0.3 is 0 Å². The lowest BCUT2D eigenvalue weighted by atomic mass is 10.0. The molecule has 3 nitrogen and oxygen atoms in total. The van der Waals surface area contributed by atoms with E-state index in [1.165, 1.54) is 12.1 Å². The zero-order valence-electron chi connectivity index (χ0n) is 9.19. The molecule has 0 spiro atoms. The second-order valence-corrected chi connectivity index (χ2v) is 3.93. The molecule has 1 N–H and O–H groups in total. The van der Waals surface area contributed by atoms with Crippen molar-refractivity contribution in [2.75, 3.05) is 7.05 Å². The largest absolute Gasteiger partial charge is 0.308 e. The zero-order valence-corrected chi connectivity index (χ0v) is 9.95. The Morgan fingerprint density at radius 1 is 1.35 bits per heavy atom. The summed E-state index contributed by atoms with van der Waals surface area (Å²) in [6.07, 6.45) is 4.85. The fraction of sp³-hybridized carbons (Fsp3) is 0.167. The van der Waals surface area contributed by atoms with Crippen molar-refractivity contribution in [3.63, 3.8) is 0 Å². The summed E-state index contributed by atoms with van der Waals surface area (Å²) in [6.45, 7) is 0. The number of hydrogen-bond acceptors (Lipinski definition) is 3. The lowest BCUT2D eigenvalue weighted by Crippen LogP contribution is -2.19. The third kappa shape index (κ3) is 2.60. The van der Waals surface area contributed by atoms with Crippen molar-refractivity contribution in [2.24, 2.45) is 0 Å². The molecule has 0 saturated carbocycles. The molecule has 0 amide bonds. The molecule has 2 aromatic rings. The summed E-state index contributed by atoms with van der Waals surface area (Å²) in [7, 11) is 1.78. The van der Waals surface area contributed by atoms with Gasteiger partial charge in [0.2, 0.25) is 0 Å². The zero-order chi connectivity index (χ0) is 12.3. The Morgan fingerprint density at radius 2 is 2.18 bits per heavy atom. The van der Waals surface area contributed by atoms with Crippen LogP contribution in [0.25, 0.3) is 0 Å². The highest BCUT2D eigenvalue weighted by atomic mass is 35.5. The van der Waals surface area contributed by atoms with Gasteiger partial charge in [0.05, 0.1) is 23.0 Å². The molecule has 0 aliphatic carbocycles. The average molecular weight is 252 g/mol. The second-order valence-electron chi connectivity index (χ2n) is 3.53. The fourth-order valence-electron chi connectivity index (χ4n) is 1.64. The predicted octanol–water partition coefficient (Wildman–Crippen LogP) is 2.58. The first-order chi connectivity index (χ1) is 8.22. The molecule has 0 radical (unpaired) electrons. The van der Waals surface area contributed by atoms with E-state index >= 15 is 0 Å². The van der Waals surface area contributed by atoms with E-state index in [0.717, 1.165) is 11.3 Å². The highest BCUT2D eigenvalue weighted by molar-refractivity contribution is 6.30. The summed E-state index contributed by atoms with van der Waals surface area (Å²) >= 11 is 5.65. The minimum atomic E-state index is -0.437. The van der Waals surface area contributed by atoms with Gasteiger partial charge in [-0.3, -0.25) is 9.97 Å². The van der Waals surface area contributed by atoms with Crippen LogP contribution in [0.4, 0.5) is 4.39 Å². The van der Waals surface area contributed by atoms with Gasteiger partial charge in [-0.15, -0.1) is 0 Å². The maximum absolute atomic E-state index is 13.4. The first-order valence-electron chi connectivity index (χ1n) is 5.10. The van der Waals surface area contributed by atoms with Crippen LogP contribution in [-0.2, 0) is 0 Å². The molecule has 0 aliphatic rings. The van der Waals surface area contributed by atoms with Crippen LogP contribution in [0.1, 0.15) is 17.3 Å². The topological polar surface area (TPSA) is 37.8 Å². The van der Waals surface area contributed by atoms with E-state index in [1.54, 1.807) is 31.7 Å². The normalized spacial score (nSPS) is 12.4. The standard InChI is InChI=1S/C12H11ClFN3/c1-15-12(11-7-16-4-5-17-11)8-2-3-9(13)10(14)6-8/h2-7,12,15H,1H3. The summed E-state index contributed by atoms with van der Waals surface area (Å²) in [5.74, 6) is -0.437. The lowest BCUT2D eigenvalue weighted by Gasteiger charge is -2.15. The molecule has 1 heterocycles. The summed E-state index contributed by atoms with van der Waals surface area (Å²) in [5.41, 5.74) is 1.49. The van der Waals surface area contributed by atoms with Crippen LogP contribution in [0.15, 0.2) is 36.8 Å². The Labute approximate surface area is 104 Å². The lowest BCUT2D eigenvalue weighted by molar-refractivity contribution is 0.613. The summed E-state index contributed by atoms with van der Waals surface area (Å²) < 4.78 is 13.4. The monoisotopic (exact) mass is 251 g/mol. The van der Waals surface area contributed by atoms with Crippen molar-refractivity contribution in [2.45, 2.75) is 6.04 Å². The highest BCUT2D eigenvalue weighted by Crippen LogP contribution is 2.23. The Kier molecular flexibility index (Phi) is 3.66. The van der Waals surface area contributed by atoms with Crippen molar-refractivity contribution in [3.8, 4) is 0 Å². The Bertz CT molecular complexity index is 504. The third-order valence-electron chi connectivity index (χ3n) is 2.44.